The van der Waals surface area contributed by atoms with Crippen LogP contribution in [0, 0.1) is 0 Å². The Bertz CT molecular complexity index is 752. The molecule has 1 atom stereocenters. The average Bonchev–Trinajstić information content (AvgIpc) is 2.53. The molecule has 0 fully saturated rings. The van der Waals surface area contributed by atoms with E-state index >= 15 is 0 Å². The predicted molar refractivity (Wildman–Crippen MR) is 81.2 cm³/mol. The number of rotatable bonds is 3. The van der Waals surface area contributed by atoms with Crippen molar-refractivity contribution in [1.82, 2.24) is 0 Å². The first-order valence-corrected chi connectivity index (χ1v) is 7.41. The summed E-state index contributed by atoms with van der Waals surface area (Å²) in [7, 11) is 0. The Labute approximate surface area is 128 Å². The van der Waals surface area contributed by atoms with E-state index in [4.69, 9.17) is 0 Å². The van der Waals surface area contributed by atoms with Gasteiger partial charge in [-0.3, -0.25) is 14.4 Å². The number of carboxylic acid groups (broad SMARTS) is 1. The van der Waals surface area contributed by atoms with Gasteiger partial charge in [0.25, 0.3) is 0 Å². The fourth-order valence-corrected chi connectivity index (χ4v) is 3.11. The van der Waals surface area contributed by atoms with Crippen molar-refractivity contribution in [2.24, 2.45) is 0 Å². The Morgan fingerprint density at radius 1 is 1.09 bits per heavy atom. The van der Waals surface area contributed by atoms with Gasteiger partial charge in [-0.25, -0.2) is 0 Å². The number of benzene rings is 1. The lowest BCUT2D eigenvalue weighted by Crippen LogP contribution is -2.24. The number of allylic oxidation sites excluding steroid dienone is 4. The third kappa shape index (κ3) is 2.11. The lowest BCUT2D eigenvalue weighted by Gasteiger charge is -2.23. The molecular weight excluding hydrogens is 280 g/mol. The lowest BCUT2D eigenvalue weighted by atomic mass is 9.78. The van der Waals surface area contributed by atoms with Crippen molar-refractivity contribution in [3.05, 3.63) is 58.2 Å². The van der Waals surface area contributed by atoms with Crippen molar-refractivity contribution in [2.45, 2.75) is 32.1 Å². The molecular formula is C18H16O4. The highest BCUT2D eigenvalue weighted by molar-refractivity contribution is 6.31. The maximum atomic E-state index is 12.6. The minimum atomic E-state index is -0.922. The molecule has 0 saturated heterocycles. The van der Waals surface area contributed by atoms with Crippen LogP contribution in [0.15, 0.2) is 41.5 Å². The van der Waals surface area contributed by atoms with Crippen LogP contribution in [-0.2, 0) is 4.79 Å². The molecule has 2 aliphatic carbocycles. The van der Waals surface area contributed by atoms with Gasteiger partial charge in [-0.15, -0.1) is 0 Å². The van der Waals surface area contributed by atoms with Gasteiger partial charge in [0.1, 0.15) is 0 Å². The first-order chi connectivity index (χ1) is 10.5. The average molecular weight is 296 g/mol. The van der Waals surface area contributed by atoms with Crippen molar-refractivity contribution in [1.29, 1.82) is 0 Å². The zero-order valence-corrected chi connectivity index (χ0v) is 12.3. The monoisotopic (exact) mass is 296 g/mol. The summed E-state index contributed by atoms with van der Waals surface area (Å²) in [6, 6.07) is 4.80. The summed E-state index contributed by atoms with van der Waals surface area (Å²) >= 11 is 0. The van der Waals surface area contributed by atoms with Crippen LogP contribution in [0.4, 0.5) is 0 Å². The van der Waals surface area contributed by atoms with Crippen LogP contribution in [-0.4, -0.2) is 22.6 Å². The van der Waals surface area contributed by atoms with Gasteiger partial charge in [0.2, 0.25) is 0 Å². The number of fused-ring (bicyclic) bond motifs is 2. The fourth-order valence-electron chi connectivity index (χ4n) is 3.11. The molecule has 0 bridgehead atoms. The Balaban J connectivity index is 2.14. The minimum Gasteiger partial charge on any atom is -0.481 e. The standard InChI is InChI=1S/C18H16O4/c1-2-11(18(21)22)10-7-8-14-15(9-10)17(20)13-6-4-3-5-12(13)16(14)19/h5-9,11H,2-4H2,1H3,(H,21,22). The van der Waals surface area contributed by atoms with Crippen LogP contribution >= 0.6 is 0 Å². The molecule has 1 N–H and O–H groups in total. The van der Waals surface area contributed by atoms with Gasteiger partial charge in [0.15, 0.2) is 11.6 Å². The van der Waals surface area contributed by atoms with Gasteiger partial charge in [-0.1, -0.05) is 25.1 Å². The highest BCUT2D eigenvalue weighted by Crippen LogP contribution is 2.34. The summed E-state index contributed by atoms with van der Waals surface area (Å²) < 4.78 is 0. The van der Waals surface area contributed by atoms with Gasteiger partial charge >= 0.3 is 5.97 Å². The molecule has 0 aromatic heterocycles. The summed E-state index contributed by atoms with van der Waals surface area (Å²) in [5, 5.41) is 9.26. The first-order valence-electron chi connectivity index (χ1n) is 7.41. The normalized spacial score (nSPS) is 18.0. The van der Waals surface area contributed by atoms with Crippen molar-refractivity contribution in [2.75, 3.05) is 0 Å². The molecule has 4 heteroatoms. The van der Waals surface area contributed by atoms with E-state index < -0.39 is 11.9 Å². The Kier molecular flexibility index (Phi) is 3.53. The summed E-state index contributed by atoms with van der Waals surface area (Å²) in [4.78, 5) is 36.4. The summed E-state index contributed by atoms with van der Waals surface area (Å²) in [6.45, 7) is 1.79. The number of hydrogen-bond donors (Lipinski definition) is 1. The molecule has 0 spiro atoms. The molecule has 112 valence electrons. The van der Waals surface area contributed by atoms with Crippen LogP contribution < -0.4 is 0 Å². The fraction of sp³-hybridized carbons (Fsp3) is 0.278. The number of ketones is 2. The van der Waals surface area contributed by atoms with E-state index in [1.54, 1.807) is 31.2 Å². The lowest BCUT2D eigenvalue weighted by molar-refractivity contribution is -0.138. The molecule has 0 heterocycles. The highest BCUT2D eigenvalue weighted by atomic mass is 16.4. The third-order valence-corrected chi connectivity index (χ3v) is 4.28. The van der Waals surface area contributed by atoms with Gasteiger partial charge < -0.3 is 5.11 Å². The van der Waals surface area contributed by atoms with Gasteiger partial charge in [0.05, 0.1) is 5.92 Å². The number of hydrogen-bond acceptors (Lipinski definition) is 3. The number of carboxylic acids is 1. The maximum absolute atomic E-state index is 12.6. The summed E-state index contributed by atoms with van der Waals surface area (Å²) in [5.41, 5.74) is 2.22. The summed E-state index contributed by atoms with van der Waals surface area (Å²) in [5.74, 6) is -1.90. The molecule has 22 heavy (non-hydrogen) atoms. The smallest absolute Gasteiger partial charge is 0.310 e. The molecule has 4 nitrogen and oxygen atoms in total. The maximum Gasteiger partial charge on any atom is 0.310 e. The van der Waals surface area contributed by atoms with Gasteiger partial charge in [0, 0.05) is 22.3 Å². The number of carbonyl (C=O) groups excluding carboxylic acids is 2. The molecule has 0 saturated carbocycles. The molecule has 1 aromatic carbocycles. The van der Waals surface area contributed by atoms with Crippen LogP contribution in [0.3, 0.4) is 0 Å². The second-order valence-electron chi connectivity index (χ2n) is 5.58. The molecule has 1 unspecified atom stereocenters. The topological polar surface area (TPSA) is 71.4 Å². The van der Waals surface area contributed by atoms with Gasteiger partial charge in [-0.05, 0) is 37.0 Å². The number of carbonyl (C=O) groups is 3. The minimum absolute atomic E-state index is 0.143. The van der Waals surface area contributed by atoms with Crippen molar-refractivity contribution in [3.8, 4) is 0 Å². The largest absolute Gasteiger partial charge is 0.481 e. The zero-order chi connectivity index (χ0) is 15.9. The molecule has 2 aliphatic rings. The van der Waals surface area contributed by atoms with E-state index in [9.17, 15) is 19.5 Å². The van der Waals surface area contributed by atoms with E-state index in [0.717, 1.165) is 12.8 Å². The van der Waals surface area contributed by atoms with Crippen LogP contribution in [0.1, 0.15) is 58.4 Å². The SMILES string of the molecule is CCC(C(=O)O)c1ccc2c(c1)C(=O)C1=CCCC=C1C2=O. The van der Waals surface area contributed by atoms with Crippen LogP contribution in [0.5, 0.6) is 0 Å². The first kappa shape index (κ1) is 14.4. The number of Topliss-reactive ketones (excluding diaryl/α,β-unsaturated/α-hetero) is 2. The molecule has 0 radical (unpaired) electrons. The number of aliphatic carboxylic acids is 1. The zero-order valence-electron chi connectivity index (χ0n) is 12.3. The Hall–Kier alpha value is -2.49. The quantitative estimate of drug-likeness (QED) is 0.929. The second kappa shape index (κ2) is 5.37. The Morgan fingerprint density at radius 2 is 1.68 bits per heavy atom. The second-order valence-corrected chi connectivity index (χ2v) is 5.58. The van der Waals surface area contributed by atoms with Crippen LogP contribution in [0.25, 0.3) is 0 Å². The van der Waals surface area contributed by atoms with E-state index in [0.29, 0.717) is 34.3 Å². The Morgan fingerprint density at radius 3 is 2.23 bits per heavy atom. The summed E-state index contributed by atoms with van der Waals surface area (Å²) in [6.07, 6.45) is 5.57. The molecule has 3 rings (SSSR count). The van der Waals surface area contributed by atoms with E-state index in [1.807, 2.05) is 6.08 Å². The molecule has 0 amide bonds. The van der Waals surface area contributed by atoms with Crippen molar-refractivity contribution >= 4 is 17.5 Å². The van der Waals surface area contributed by atoms with Crippen molar-refractivity contribution < 1.29 is 19.5 Å². The highest BCUT2D eigenvalue weighted by Gasteiger charge is 2.33. The van der Waals surface area contributed by atoms with Crippen molar-refractivity contribution in [3.63, 3.8) is 0 Å². The molecule has 1 aromatic rings. The van der Waals surface area contributed by atoms with E-state index in [1.165, 1.54) is 0 Å². The van der Waals surface area contributed by atoms with E-state index in [-0.39, 0.29) is 11.6 Å². The van der Waals surface area contributed by atoms with E-state index in [2.05, 4.69) is 0 Å². The van der Waals surface area contributed by atoms with Gasteiger partial charge in [-0.2, -0.15) is 0 Å². The third-order valence-electron chi connectivity index (χ3n) is 4.28. The van der Waals surface area contributed by atoms with Crippen LogP contribution in [0.2, 0.25) is 0 Å². The molecule has 0 aliphatic heterocycles. The predicted octanol–water partition coefficient (Wildman–Crippen LogP) is 3.29.